The molecular weight excluding hydrogens is 396 g/mol. The van der Waals surface area contributed by atoms with Crippen molar-refractivity contribution in [2.45, 2.75) is 12.8 Å². The second kappa shape index (κ2) is 10.3. The molecule has 2 aliphatic carbocycles. The summed E-state index contributed by atoms with van der Waals surface area (Å²) in [7, 11) is 0. The summed E-state index contributed by atoms with van der Waals surface area (Å²) >= 11 is 0. The molecule has 4 aromatic carbocycles. The van der Waals surface area contributed by atoms with Crippen LogP contribution >= 0.6 is 0 Å². The first kappa shape index (κ1) is 21.9. The Morgan fingerprint density at radius 2 is 1.00 bits per heavy atom. The molecule has 0 atom stereocenters. The number of hydrogen-bond acceptors (Lipinski definition) is 0. The minimum Gasteiger partial charge on any atom is -0.245 e. The fraction of sp³-hybridized carbons (Fsp3) is 0.0690. The maximum absolute atomic E-state index is 3.30. The van der Waals surface area contributed by atoms with Crippen LogP contribution in [0.2, 0.25) is 0 Å². The third kappa shape index (κ3) is 4.51. The van der Waals surface area contributed by atoms with E-state index in [1.165, 1.54) is 50.6 Å². The van der Waals surface area contributed by atoms with Gasteiger partial charge in [-0.1, -0.05) is 70.8 Å². The van der Waals surface area contributed by atoms with E-state index in [1.807, 2.05) is 12.1 Å². The van der Waals surface area contributed by atoms with Crippen LogP contribution in [-0.4, -0.2) is 0 Å². The van der Waals surface area contributed by atoms with Crippen molar-refractivity contribution in [3.8, 4) is 22.3 Å². The van der Waals surface area contributed by atoms with Gasteiger partial charge in [0.15, 0.2) is 0 Å². The Bertz CT molecular complexity index is 964. The molecule has 143 valence electrons. The summed E-state index contributed by atoms with van der Waals surface area (Å²) in [5.41, 5.74) is 11.0. The van der Waals surface area contributed by atoms with E-state index in [4.69, 9.17) is 0 Å². The largest absolute Gasteiger partial charge is 3.00 e. The van der Waals surface area contributed by atoms with Gasteiger partial charge in [0.25, 0.3) is 0 Å². The van der Waals surface area contributed by atoms with Crippen molar-refractivity contribution in [1.29, 1.82) is 0 Å². The summed E-state index contributed by atoms with van der Waals surface area (Å²) in [4.78, 5) is 0. The normalized spacial score (nSPS) is 11.1. The molecule has 1 radical (unpaired) electrons. The predicted octanol–water partition coefficient (Wildman–Crippen LogP) is 7.12. The fourth-order valence-corrected chi connectivity index (χ4v) is 4.00. The quantitative estimate of drug-likeness (QED) is 0.182. The Morgan fingerprint density at radius 3 is 1.43 bits per heavy atom. The summed E-state index contributed by atoms with van der Waals surface area (Å²) in [5, 5.41) is 0. The van der Waals surface area contributed by atoms with Crippen molar-refractivity contribution in [2.24, 2.45) is 0 Å². The summed E-state index contributed by atoms with van der Waals surface area (Å²) in [5.74, 6) is 0. The molecule has 0 saturated carbocycles. The Balaban J connectivity index is 0.000000147. The maximum Gasteiger partial charge on any atom is 3.00 e. The first-order valence-corrected chi connectivity index (χ1v) is 9.87. The molecule has 6 rings (SSSR count). The minimum absolute atomic E-state index is 0. The minimum atomic E-state index is 0. The Labute approximate surface area is 195 Å². The van der Waals surface area contributed by atoms with E-state index in [0.717, 1.165) is 12.8 Å². The van der Waals surface area contributed by atoms with E-state index >= 15 is 0 Å². The van der Waals surface area contributed by atoms with Crippen molar-refractivity contribution in [3.05, 3.63) is 139 Å². The average molecular weight is 419 g/mol. The first-order valence-electron chi connectivity index (χ1n) is 9.87. The van der Waals surface area contributed by atoms with Gasteiger partial charge in [0.1, 0.15) is 0 Å². The molecule has 0 spiro atoms. The molecular formula is C29H23Ti. The van der Waals surface area contributed by atoms with Gasteiger partial charge in [-0.25, -0.2) is 19.6 Å². The zero-order chi connectivity index (χ0) is 20.1. The van der Waals surface area contributed by atoms with E-state index in [9.17, 15) is 0 Å². The zero-order valence-corrected chi connectivity index (χ0v) is 18.6. The van der Waals surface area contributed by atoms with Gasteiger partial charge in [0, 0.05) is 0 Å². The molecule has 1 heteroatoms. The van der Waals surface area contributed by atoms with Gasteiger partial charge in [0.05, 0.1) is 0 Å². The van der Waals surface area contributed by atoms with Crippen LogP contribution in [0.15, 0.2) is 97.6 Å². The van der Waals surface area contributed by atoms with Gasteiger partial charge in [-0.2, -0.15) is 59.7 Å². The second-order valence-corrected chi connectivity index (χ2v) is 7.08. The molecule has 4 aromatic rings. The predicted molar refractivity (Wildman–Crippen MR) is 123 cm³/mol. The van der Waals surface area contributed by atoms with Crippen LogP contribution in [0.25, 0.3) is 22.3 Å². The summed E-state index contributed by atoms with van der Waals surface area (Å²) in [6, 6.07) is 36.2. The zero-order valence-electron chi connectivity index (χ0n) is 17.0. The van der Waals surface area contributed by atoms with Gasteiger partial charge < -0.3 is 0 Å². The van der Waals surface area contributed by atoms with E-state index < -0.39 is 0 Å². The smallest absolute Gasteiger partial charge is 0.245 e. The van der Waals surface area contributed by atoms with Crippen LogP contribution in [0.5, 0.6) is 0 Å². The second-order valence-electron chi connectivity index (χ2n) is 7.08. The molecule has 0 saturated heterocycles. The molecule has 2 aliphatic rings. The number of allylic oxidation sites excluding steroid dienone is 1. The van der Waals surface area contributed by atoms with Crippen LogP contribution in [-0.2, 0) is 34.6 Å². The third-order valence-electron chi connectivity index (χ3n) is 5.23. The molecule has 0 aromatic heterocycles. The summed E-state index contributed by atoms with van der Waals surface area (Å²) in [6.07, 6.45) is 3.60. The number of rotatable bonds is 0. The van der Waals surface area contributed by atoms with Gasteiger partial charge in [0.2, 0.25) is 0 Å². The molecule has 0 heterocycles. The molecule has 0 bridgehead atoms. The van der Waals surface area contributed by atoms with Crippen LogP contribution in [0.1, 0.15) is 22.3 Å². The van der Waals surface area contributed by atoms with Gasteiger partial charge in [-0.05, 0) is 12.8 Å². The third-order valence-corrected chi connectivity index (χ3v) is 5.23. The van der Waals surface area contributed by atoms with Gasteiger partial charge in [-0.3, -0.25) is 0 Å². The molecule has 0 N–H and O–H groups in total. The van der Waals surface area contributed by atoms with Crippen molar-refractivity contribution in [3.63, 3.8) is 0 Å². The number of hydrogen-bond donors (Lipinski definition) is 0. The van der Waals surface area contributed by atoms with Crippen molar-refractivity contribution in [1.82, 2.24) is 0 Å². The van der Waals surface area contributed by atoms with Crippen molar-refractivity contribution < 1.29 is 21.7 Å². The monoisotopic (exact) mass is 419 g/mol. The number of fused-ring (bicyclic) bond motifs is 6. The molecule has 0 unspecified atom stereocenters. The van der Waals surface area contributed by atoms with Crippen LogP contribution in [0.3, 0.4) is 0 Å². The average Bonchev–Trinajstić information content (AvgIpc) is 3.33. The SMILES string of the molecule is C=C[CH2-].[Ti+3].[c-]1cccc2c1Cc1ccccc1-2.[c-]1cccc2c1Cc1ccccc1-2. The molecule has 0 aliphatic heterocycles. The van der Waals surface area contributed by atoms with Crippen LogP contribution in [0, 0.1) is 19.1 Å². The molecule has 0 nitrogen and oxygen atoms in total. The fourth-order valence-electron chi connectivity index (χ4n) is 4.00. The molecule has 0 fully saturated rings. The van der Waals surface area contributed by atoms with Crippen molar-refractivity contribution >= 4 is 0 Å². The van der Waals surface area contributed by atoms with E-state index in [2.05, 4.69) is 98.4 Å². The standard InChI is InChI=1S/2C13H9.C3H5.Ti/c2*1-3-7-12-10(5-1)9-11-6-2-4-8-13(11)12;1-3-2;/h2*1-5,7-8H,9H2;3H,1-2H2;/q3*-1;+3. The van der Waals surface area contributed by atoms with Crippen LogP contribution < -0.4 is 0 Å². The first-order chi connectivity index (χ1) is 14.3. The topological polar surface area (TPSA) is 0 Å². The maximum atomic E-state index is 3.30. The number of benzene rings is 4. The van der Waals surface area contributed by atoms with E-state index in [-0.39, 0.29) is 21.7 Å². The van der Waals surface area contributed by atoms with Gasteiger partial charge in [-0.15, -0.1) is 11.1 Å². The summed E-state index contributed by atoms with van der Waals surface area (Å²) < 4.78 is 0. The molecule has 30 heavy (non-hydrogen) atoms. The van der Waals surface area contributed by atoms with E-state index in [0.29, 0.717) is 0 Å². The Kier molecular flexibility index (Phi) is 7.52. The Hall–Kier alpha value is -2.80. The van der Waals surface area contributed by atoms with E-state index in [1.54, 1.807) is 0 Å². The van der Waals surface area contributed by atoms with Crippen molar-refractivity contribution in [2.75, 3.05) is 0 Å². The van der Waals surface area contributed by atoms with Gasteiger partial charge >= 0.3 is 21.7 Å². The summed E-state index contributed by atoms with van der Waals surface area (Å²) in [6.45, 7) is 6.50. The van der Waals surface area contributed by atoms with Crippen LogP contribution in [0.4, 0.5) is 0 Å². The molecule has 0 amide bonds. The Morgan fingerprint density at radius 1 is 0.633 bits per heavy atom.